The summed E-state index contributed by atoms with van der Waals surface area (Å²) in [5.74, 6) is 0.907. The zero-order valence-electron chi connectivity index (χ0n) is 11.6. The molecule has 1 heterocycles. The maximum atomic E-state index is 12.8. The fourth-order valence-electron chi connectivity index (χ4n) is 2.45. The molecule has 0 saturated carbocycles. The lowest BCUT2D eigenvalue weighted by molar-refractivity contribution is 0.128. The Balaban J connectivity index is 1.86. The van der Waals surface area contributed by atoms with Crippen LogP contribution in [0.25, 0.3) is 0 Å². The van der Waals surface area contributed by atoms with Gasteiger partial charge in [-0.1, -0.05) is 19.1 Å². The molecule has 3 unspecified atom stereocenters. The summed E-state index contributed by atoms with van der Waals surface area (Å²) in [6.07, 6.45) is 0.200. The van der Waals surface area contributed by atoms with Crippen molar-refractivity contribution in [2.45, 2.75) is 37.7 Å². The number of aliphatic hydroxyl groups excluding tert-OH is 1. The zero-order valence-corrected chi connectivity index (χ0v) is 12.4. The first kappa shape index (κ1) is 14.8. The van der Waals surface area contributed by atoms with Gasteiger partial charge in [0.2, 0.25) is 0 Å². The smallest absolute Gasteiger partial charge is 0.123 e. The van der Waals surface area contributed by atoms with Gasteiger partial charge in [-0.05, 0) is 31.0 Å². The van der Waals surface area contributed by atoms with Crippen LogP contribution >= 0.6 is 11.8 Å². The van der Waals surface area contributed by atoms with Crippen molar-refractivity contribution in [3.8, 4) is 0 Å². The Morgan fingerprint density at radius 1 is 1.37 bits per heavy atom. The van der Waals surface area contributed by atoms with E-state index in [4.69, 9.17) is 0 Å². The van der Waals surface area contributed by atoms with Gasteiger partial charge < -0.3 is 5.11 Å². The summed E-state index contributed by atoms with van der Waals surface area (Å²) in [7, 11) is 0. The molecule has 0 bridgehead atoms. The van der Waals surface area contributed by atoms with Gasteiger partial charge in [0.05, 0.1) is 6.10 Å². The monoisotopic (exact) mass is 283 g/mol. The van der Waals surface area contributed by atoms with Crippen molar-refractivity contribution in [2.24, 2.45) is 0 Å². The molecule has 0 spiro atoms. The number of nitrogens with zero attached hydrogens (tertiary/aromatic N) is 1. The largest absolute Gasteiger partial charge is 0.388 e. The van der Waals surface area contributed by atoms with E-state index in [2.05, 4.69) is 18.7 Å². The van der Waals surface area contributed by atoms with E-state index < -0.39 is 6.10 Å². The molecule has 4 heteroatoms. The lowest BCUT2D eigenvalue weighted by Gasteiger charge is -2.37. The van der Waals surface area contributed by atoms with Crippen molar-refractivity contribution < 1.29 is 9.50 Å². The van der Waals surface area contributed by atoms with Crippen molar-refractivity contribution in [3.63, 3.8) is 0 Å². The summed E-state index contributed by atoms with van der Waals surface area (Å²) in [5, 5.41) is 10.8. The van der Waals surface area contributed by atoms with Crippen molar-refractivity contribution in [3.05, 3.63) is 35.6 Å². The molecule has 0 aliphatic carbocycles. The molecule has 1 aliphatic rings. The molecule has 3 atom stereocenters. The van der Waals surface area contributed by atoms with Gasteiger partial charge in [-0.15, -0.1) is 0 Å². The molecule has 0 aromatic heterocycles. The summed E-state index contributed by atoms with van der Waals surface area (Å²) >= 11 is 2.02. The molecule has 0 radical (unpaired) electrons. The molecule has 1 aromatic rings. The van der Waals surface area contributed by atoms with Crippen LogP contribution in [0.1, 0.15) is 31.9 Å². The van der Waals surface area contributed by atoms with Crippen LogP contribution in [-0.2, 0) is 0 Å². The van der Waals surface area contributed by atoms with E-state index in [1.165, 1.54) is 12.1 Å². The minimum absolute atomic E-state index is 0.258. The van der Waals surface area contributed by atoms with Crippen molar-refractivity contribution >= 4 is 11.8 Å². The Kier molecular flexibility index (Phi) is 5.25. The SMILES string of the molecule is CC1SCCN(CCC(O)c2ccc(F)cc2)C1C. The van der Waals surface area contributed by atoms with Gasteiger partial charge in [-0.3, -0.25) is 4.90 Å². The van der Waals surface area contributed by atoms with Gasteiger partial charge in [0.1, 0.15) is 5.82 Å². The molecule has 1 aliphatic heterocycles. The minimum Gasteiger partial charge on any atom is -0.388 e. The molecule has 106 valence electrons. The summed E-state index contributed by atoms with van der Waals surface area (Å²) < 4.78 is 12.8. The van der Waals surface area contributed by atoms with E-state index in [0.29, 0.717) is 17.7 Å². The Hall–Kier alpha value is -0.580. The van der Waals surface area contributed by atoms with Gasteiger partial charge in [0.15, 0.2) is 0 Å². The van der Waals surface area contributed by atoms with Gasteiger partial charge in [-0.2, -0.15) is 11.8 Å². The fraction of sp³-hybridized carbons (Fsp3) is 0.600. The zero-order chi connectivity index (χ0) is 13.8. The highest BCUT2D eigenvalue weighted by molar-refractivity contribution is 8.00. The molecule has 2 nitrogen and oxygen atoms in total. The quantitative estimate of drug-likeness (QED) is 0.918. The van der Waals surface area contributed by atoms with E-state index in [1.54, 1.807) is 12.1 Å². The predicted molar refractivity (Wildman–Crippen MR) is 78.9 cm³/mol. The second kappa shape index (κ2) is 6.73. The Morgan fingerprint density at radius 2 is 2.05 bits per heavy atom. The van der Waals surface area contributed by atoms with Crippen molar-refractivity contribution in [2.75, 3.05) is 18.8 Å². The molecule has 1 fully saturated rings. The van der Waals surface area contributed by atoms with E-state index in [9.17, 15) is 9.50 Å². The van der Waals surface area contributed by atoms with E-state index in [-0.39, 0.29) is 5.82 Å². The minimum atomic E-state index is -0.502. The first-order valence-electron chi connectivity index (χ1n) is 6.87. The second-order valence-electron chi connectivity index (χ2n) is 5.21. The van der Waals surface area contributed by atoms with Crippen LogP contribution in [-0.4, -0.2) is 40.1 Å². The topological polar surface area (TPSA) is 23.5 Å². The summed E-state index contributed by atoms with van der Waals surface area (Å²) in [5.41, 5.74) is 0.800. The highest BCUT2D eigenvalue weighted by Gasteiger charge is 2.25. The Morgan fingerprint density at radius 3 is 2.74 bits per heavy atom. The normalized spacial score (nSPS) is 26.3. The number of aliphatic hydroxyl groups is 1. The standard InChI is InChI=1S/C15H22FNOS/c1-11-12(2)19-10-9-17(11)8-7-15(18)13-3-5-14(16)6-4-13/h3-6,11-12,15,18H,7-10H2,1-2H3. The third kappa shape index (κ3) is 3.94. The number of benzene rings is 1. The maximum Gasteiger partial charge on any atom is 0.123 e. The molecule has 1 aromatic carbocycles. The van der Waals surface area contributed by atoms with E-state index in [1.807, 2.05) is 11.8 Å². The van der Waals surface area contributed by atoms with Crippen molar-refractivity contribution in [1.29, 1.82) is 0 Å². The van der Waals surface area contributed by atoms with Crippen LogP contribution in [0.3, 0.4) is 0 Å². The molecule has 1 saturated heterocycles. The lowest BCUT2D eigenvalue weighted by atomic mass is 10.1. The second-order valence-corrected chi connectivity index (χ2v) is 6.69. The van der Waals surface area contributed by atoms with Gasteiger partial charge in [0.25, 0.3) is 0 Å². The van der Waals surface area contributed by atoms with Crippen LogP contribution in [0.5, 0.6) is 0 Å². The number of thioether (sulfide) groups is 1. The molecule has 0 amide bonds. The third-order valence-corrected chi connectivity index (χ3v) is 5.30. The first-order valence-corrected chi connectivity index (χ1v) is 7.92. The van der Waals surface area contributed by atoms with Crippen LogP contribution in [0, 0.1) is 5.82 Å². The predicted octanol–water partition coefficient (Wildman–Crippen LogP) is 3.08. The average Bonchev–Trinajstić information content (AvgIpc) is 2.41. The van der Waals surface area contributed by atoms with Crippen molar-refractivity contribution in [1.82, 2.24) is 4.90 Å². The molecule has 19 heavy (non-hydrogen) atoms. The van der Waals surface area contributed by atoms with Gasteiger partial charge >= 0.3 is 0 Å². The van der Waals surface area contributed by atoms with Gasteiger partial charge in [-0.25, -0.2) is 4.39 Å². The Bertz CT molecular complexity index is 398. The third-order valence-electron chi connectivity index (χ3n) is 3.96. The van der Waals surface area contributed by atoms with Crippen LogP contribution < -0.4 is 0 Å². The van der Waals surface area contributed by atoms with Crippen LogP contribution in [0.2, 0.25) is 0 Å². The summed E-state index contributed by atoms with van der Waals surface area (Å²) in [6.45, 7) is 6.50. The van der Waals surface area contributed by atoms with Crippen LogP contribution in [0.15, 0.2) is 24.3 Å². The number of rotatable bonds is 4. The number of hydrogen-bond donors (Lipinski definition) is 1. The molecule has 1 N–H and O–H groups in total. The highest BCUT2D eigenvalue weighted by atomic mass is 32.2. The number of halogens is 1. The van der Waals surface area contributed by atoms with E-state index in [0.717, 1.165) is 24.4 Å². The average molecular weight is 283 g/mol. The summed E-state index contributed by atoms with van der Waals surface area (Å²) in [4.78, 5) is 2.44. The first-order chi connectivity index (χ1) is 9.08. The van der Waals surface area contributed by atoms with E-state index >= 15 is 0 Å². The fourth-order valence-corrected chi connectivity index (χ4v) is 3.61. The Labute approximate surface area is 119 Å². The van der Waals surface area contributed by atoms with Crippen LogP contribution in [0.4, 0.5) is 4.39 Å². The number of hydrogen-bond acceptors (Lipinski definition) is 3. The molecule has 2 rings (SSSR count). The molecular weight excluding hydrogens is 261 g/mol. The highest BCUT2D eigenvalue weighted by Crippen LogP contribution is 2.25. The van der Waals surface area contributed by atoms with Gasteiger partial charge in [0, 0.05) is 30.1 Å². The molecular formula is C15H22FNOS. The lowest BCUT2D eigenvalue weighted by Crippen LogP contribution is -2.45. The maximum absolute atomic E-state index is 12.8. The summed E-state index contributed by atoms with van der Waals surface area (Å²) in [6, 6.07) is 6.69.